The molecule has 0 saturated carbocycles. The molecule has 0 aliphatic rings. The number of anilines is 1. The number of hydrogen-bond acceptors (Lipinski definition) is 3. The SMILES string of the molecule is CCC(C)(CC)Nc1ccc(C(=O)O)c(C)n1. The minimum Gasteiger partial charge on any atom is -0.478 e. The Bertz CT molecular complexity index is 412. The molecule has 0 aliphatic heterocycles. The van der Waals surface area contributed by atoms with Crippen molar-refractivity contribution in [3.05, 3.63) is 23.4 Å². The fourth-order valence-corrected chi connectivity index (χ4v) is 1.59. The Morgan fingerprint density at radius 3 is 2.41 bits per heavy atom. The molecule has 0 bridgehead atoms. The quantitative estimate of drug-likeness (QED) is 0.824. The van der Waals surface area contributed by atoms with E-state index in [2.05, 4.69) is 31.1 Å². The molecule has 0 aliphatic carbocycles. The topological polar surface area (TPSA) is 62.2 Å². The molecule has 0 saturated heterocycles. The van der Waals surface area contributed by atoms with Gasteiger partial charge in [-0.2, -0.15) is 0 Å². The van der Waals surface area contributed by atoms with E-state index in [-0.39, 0.29) is 11.1 Å². The third-order valence-electron chi connectivity index (χ3n) is 3.31. The van der Waals surface area contributed by atoms with Crippen LogP contribution in [0.5, 0.6) is 0 Å². The number of aromatic nitrogens is 1. The van der Waals surface area contributed by atoms with E-state index >= 15 is 0 Å². The Morgan fingerprint density at radius 2 is 2.00 bits per heavy atom. The maximum Gasteiger partial charge on any atom is 0.337 e. The Labute approximate surface area is 102 Å². The van der Waals surface area contributed by atoms with Crippen LogP contribution in [0.1, 0.15) is 49.7 Å². The molecular formula is C13H20N2O2. The predicted octanol–water partition coefficient (Wildman–Crippen LogP) is 3.08. The average Bonchev–Trinajstić information content (AvgIpc) is 2.28. The van der Waals surface area contributed by atoms with Gasteiger partial charge in [0.05, 0.1) is 11.3 Å². The van der Waals surface area contributed by atoms with Gasteiger partial charge < -0.3 is 10.4 Å². The molecule has 0 amide bonds. The molecule has 2 N–H and O–H groups in total. The zero-order chi connectivity index (χ0) is 13.1. The molecule has 0 aromatic carbocycles. The Kier molecular flexibility index (Phi) is 4.10. The lowest BCUT2D eigenvalue weighted by Crippen LogP contribution is -2.33. The first-order chi connectivity index (χ1) is 7.91. The van der Waals surface area contributed by atoms with Crippen LogP contribution in [0.4, 0.5) is 5.82 Å². The number of hydrogen-bond donors (Lipinski definition) is 2. The standard InChI is InChI=1S/C13H20N2O2/c1-5-13(4,6-2)15-11-8-7-10(12(16)17)9(3)14-11/h7-8H,5-6H2,1-4H3,(H,14,15)(H,16,17). The lowest BCUT2D eigenvalue weighted by Gasteiger charge is -2.29. The van der Waals surface area contributed by atoms with Crippen molar-refractivity contribution < 1.29 is 9.90 Å². The number of nitrogens with zero attached hydrogens (tertiary/aromatic N) is 1. The van der Waals surface area contributed by atoms with Crippen LogP contribution in [0.2, 0.25) is 0 Å². The summed E-state index contributed by atoms with van der Waals surface area (Å²) in [6.07, 6.45) is 1.98. The van der Waals surface area contributed by atoms with Gasteiger partial charge in [0.1, 0.15) is 5.82 Å². The van der Waals surface area contributed by atoms with Crippen LogP contribution >= 0.6 is 0 Å². The first-order valence-corrected chi connectivity index (χ1v) is 5.91. The molecule has 0 atom stereocenters. The van der Waals surface area contributed by atoms with Crippen molar-refractivity contribution >= 4 is 11.8 Å². The van der Waals surface area contributed by atoms with Crippen molar-refractivity contribution in [1.29, 1.82) is 0 Å². The van der Waals surface area contributed by atoms with E-state index in [0.717, 1.165) is 18.7 Å². The number of carboxylic acid groups (broad SMARTS) is 1. The number of aryl methyl sites for hydroxylation is 1. The monoisotopic (exact) mass is 236 g/mol. The van der Waals surface area contributed by atoms with Gasteiger partial charge in [-0.25, -0.2) is 9.78 Å². The zero-order valence-electron chi connectivity index (χ0n) is 10.9. The maximum atomic E-state index is 10.9. The number of carboxylic acids is 1. The average molecular weight is 236 g/mol. The molecule has 4 nitrogen and oxygen atoms in total. The Morgan fingerprint density at radius 1 is 1.41 bits per heavy atom. The van der Waals surface area contributed by atoms with Crippen LogP contribution in [0.3, 0.4) is 0 Å². The van der Waals surface area contributed by atoms with Crippen molar-refractivity contribution in [3.63, 3.8) is 0 Å². The van der Waals surface area contributed by atoms with Crippen molar-refractivity contribution in [2.24, 2.45) is 0 Å². The largest absolute Gasteiger partial charge is 0.478 e. The molecule has 1 aromatic rings. The minimum atomic E-state index is -0.935. The van der Waals surface area contributed by atoms with E-state index in [1.807, 2.05) is 0 Å². The summed E-state index contributed by atoms with van der Waals surface area (Å²) in [5.41, 5.74) is 0.798. The predicted molar refractivity (Wildman–Crippen MR) is 68.5 cm³/mol. The molecule has 0 fully saturated rings. The van der Waals surface area contributed by atoms with E-state index < -0.39 is 5.97 Å². The molecule has 1 heterocycles. The molecule has 1 rings (SSSR count). The normalized spacial score (nSPS) is 11.3. The summed E-state index contributed by atoms with van der Waals surface area (Å²) in [5.74, 6) is -0.200. The third-order valence-corrected chi connectivity index (χ3v) is 3.31. The fourth-order valence-electron chi connectivity index (χ4n) is 1.59. The van der Waals surface area contributed by atoms with Gasteiger partial charge in [0.25, 0.3) is 0 Å². The van der Waals surface area contributed by atoms with Crippen molar-refractivity contribution in [1.82, 2.24) is 4.98 Å². The number of aromatic carboxylic acids is 1. The van der Waals surface area contributed by atoms with Crippen molar-refractivity contribution in [3.8, 4) is 0 Å². The highest BCUT2D eigenvalue weighted by Crippen LogP contribution is 2.21. The minimum absolute atomic E-state index is 0.00415. The van der Waals surface area contributed by atoms with Gasteiger partial charge in [-0.15, -0.1) is 0 Å². The summed E-state index contributed by atoms with van der Waals surface area (Å²) in [6, 6.07) is 3.32. The van der Waals surface area contributed by atoms with Crippen molar-refractivity contribution in [2.45, 2.75) is 46.1 Å². The highest BCUT2D eigenvalue weighted by molar-refractivity contribution is 5.89. The lowest BCUT2D eigenvalue weighted by atomic mass is 9.95. The fraction of sp³-hybridized carbons (Fsp3) is 0.538. The molecule has 1 aromatic heterocycles. The van der Waals surface area contributed by atoms with E-state index in [1.54, 1.807) is 19.1 Å². The highest BCUT2D eigenvalue weighted by atomic mass is 16.4. The number of carbonyl (C=O) groups is 1. The summed E-state index contributed by atoms with van der Waals surface area (Å²) in [4.78, 5) is 15.2. The van der Waals surface area contributed by atoms with Crippen LogP contribution in [0, 0.1) is 6.92 Å². The van der Waals surface area contributed by atoms with Gasteiger partial charge in [-0.05, 0) is 38.8 Å². The summed E-state index contributed by atoms with van der Waals surface area (Å²) in [5, 5.41) is 12.3. The van der Waals surface area contributed by atoms with Gasteiger partial charge in [0.2, 0.25) is 0 Å². The van der Waals surface area contributed by atoms with Gasteiger partial charge in [-0.3, -0.25) is 0 Å². The van der Waals surface area contributed by atoms with Crippen LogP contribution in [-0.4, -0.2) is 21.6 Å². The summed E-state index contributed by atoms with van der Waals surface area (Å²) in [6.45, 7) is 8.09. The summed E-state index contributed by atoms with van der Waals surface area (Å²) >= 11 is 0. The van der Waals surface area contributed by atoms with Crippen LogP contribution in [0.15, 0.2) is 12.1 Å². The van der Waals surface area contributed by atoms with E-state index in [9.17, 15) is 4.79 Å². The molecule has 0 unspecified atom stereocenters. The molecule has 17 heavy (non-hydrogen) atoms. The van der Waals surface area contributed by atoms with E-state index in [4.69, 9.17) is 5.11 Å². The van der Waals surface area contributed by atoms with Gasteiger partial charge in [0.15, 0.2) is 0 Å². The molecule has 0 radical (unpaired) electrons. The first kappa shape index (κ1) is 13.5. The smallest absolute Gasteiger partial charge is 0.337 e. The third kappa shape index (κ3) is 3.19. The Hall–Kier alpha value is -1.58. The summed E-state index contributed by atoms with van der Waals surface area (Å²) in [7, 11) is 0. The zero-order valence-corrected chi connectivity index (χ0v) is 10.9. The lowest BCUT2D eigenvalue weighted by molar-refractivity contribution is 0.0695. The summed E-state index contributed by atoms with van der Waals surface area (Å²) < 4.78 is 0. The molecule has 4 heteroatoms. The number of pyridine rings is 1. The van der Waals surface area contributed by atoms with Crippen LogP contribution in [-0.2, 0) is 0 Å². The van der Waals surface area contributed by atoms with Gasteiger partial charge in [-0.1, -0.05) is 13.8 Å². The van der Waals surface area contributed by atoms with Gasteiger partial charge >= 0.3 is 5.97 Å². The second-order valence-corrected chi connectivity index (χ2v) is 4.53. The van der Waals surface area contributed by atoms with Crippen LogP contribution in [0.25, 0.3) is 0 Å². The van der Waals surface area contributed by atoms with Gasteiger partial charge in [0, 0.05) is 5.54 Å². The molecular weight excluding hydrogens is 216 g/mol. The highest BCUT2D eigenvalue weighted by Gasteiger charge is 2.20. The molecule has 94 valence electrons. The Balaban J connectivity index is 2.95. The van der Waals surface area contributed by atoms with Crippen molar-refractivity contribution in [2.75, 3.05) is 5.32 Å². The second kappa shape index (κ2) is 5.17. The number of rotatable bonds is 5. The second-order valence-electron chi connectivity index (χ2n) is 4.53. The van der Waals surface area contributed by atoms with E-state index in [0.29, 0.717) is 5.69 Å². The van der Waals surface area contributed by atoms with E-state index in [1.165, 1.54) is 0 Å². The van der Waals surface area contributed by atoms with Crippen LogP contribution < -0.4 is 5.32 Å². The first-order valence-electron chi connectivity index (χ1n) is 5.91. The molecule has 0 spiro atoms. The maximum absolute atomic E-state index is 10.9. The number of nitrogens with one attached hydrogen (secondary N) is 1.